The van der Waals surface area contributed by atoms with E-state index >= 15 is 0 Å². The molecular weight excluding hydrogens is 360 g/mol. The van der Waals surface area contributed by atoms with Gasteiger partial charge < -0.3 is 5.32 Å². The number of amides is 1. The van der Waals surface area contributed by atoms with Crippen LogP contribution < -0.4 is 10.0 Å². The molecule has 0 aliphatic carbocycles. The van der Waals surface area contributed by atoms with Crippen LogP contribution in [-0.4, -0.2) is 20.9 Å². The summed E-state index contributed by atoms with van der Waals surface area (Å²) in [5.41, 5.74) is 2.11. The summed E-state index contributed by atoms with van der Waals surface area (Å²) in [6.07, 6.45) is 0.804. The van der Waals surface area contributed by atoms with Crippen molar-refractivity contribution in [3.63, 3.8) is 0 Å². The number of hydrogen-bond donors (Lipinski definition) is 2. The Morgan fingerprint density at radius 2 is 1.88 bits per heavy atom. The van der Waals surface area contributed by atoms with Crippen LogP contribution in [0, 0.1) is 13.8 Å². The summed E-state index contributed by atoms with van der Waals surface area (Å²) in [7, 11) is -3.83. The quantitative estimate of drug-likeness (QED) is 0.798. The molecular formula is C18H21ClN2O3S. The number of nitrogens with one attached hydrogen (secondary N) is 2. The van der Waals surface area contributed by atoms with Crippen LogP contribution >= 0.6 is 11.6 Å². The van der Waals surface area contributed by atoms with Crippen LogP contribution in [0.5, 0.6) is 0 Å². The lowest BCUT2D eigenvalue weighted by molar-refractivity contribution is 0.0953. The molecule has 2 aromatic rings. The molecule has 2 N–H and O–H groups in total. The third-order valence-corrected chi connectivity index (χ3v) is 5.58. The van der Waals surface area contributed by atoms with Gasteiger partial charge in [0.15, 0.2) is 0 Å². The van der Waals surface area contributed by atoms with Gasteiger partial charge in [0.1, 0.15) is 0 Å². The number of rotatable bonds is 6. The molecule has 134 valence electrons. The molecule has 7 heteroatoms. The number of carbonyl (C=O) groups excluding carboxylic acids is 1. The van der Waals surface area contributed by atoms with Crippen LogP contribution in [0.1, 0.15) is 34.8 Å². The van der Waals surface area contributed by atoms with Gasteiger partial charge in [-0.15, -0.1) is 0 Å². The van der Waals surface area contributed by atoms with Gasteiger partial charge in [-0.2, -0.15) is 0 Å². The smallest absolute Gasteiger partial charge is 0.261 e. The Morgan fingerprint density at radius 3 is 2.56 bits per heavy atom. The molecule has 0 aliphatic heterocycles. The molecule has 0 saturated carbocycles. The average Bonchev–Trinajstić information content (AvgIpc) is 2.57. The number of carbonyl (C=O) groups is 1. The second-order valence-corrected chi connectivity index (χ2v) is 7.84. The maximum absolute atomic E-state index is 12.7. The molecule has 0 fully saturated rings. The summed E-state index contributed by atoms with van der Waals surface area (Å²) in [5, 5.41) is 3.24. The Kier molecular flexibility index (Phi) is 6.08. The van der Waals surface area contributed by atoms with E-state index in [1.165, 1.54) is 12.1 Å². The fourth-order valence-corrected chi connectivity index (χ4v) is 3.59. The fraction of sp³-hybridized carbons (Fsp3) is 0.278. The van der Waals surface area contributed by atoms with E-state index in [9.17, 15) is 13.2 Å². The van der Waals surface area contributed by atoms with Gasteiger partial charge in [-0.3, -0.25) is 9.52 Å². The van der Waals surface area contributed by atoms with E-state index in [-0.39, 0.29) is 10.8 Å². The van der Waals surface area contributed by atoms with Crippen molar-refractivity contribution in [2.24, 2.45) is 0 Å². The first kappa shape index (κ1) is 19.3. The normalized spacial score (nSPS) is 11.2. The largest absolute Gasteiger partial charge is 0.352 e. The van der Waals surface area contributed by atoms with Crippen molar-refractivity contribution in [3.8, 4) is 0 Å². The molecule has 0 aromatic heterocycles. The van der Waals surface area contributed by atoms with Crippen LogP contribution in [0.4, 0.5) is 5.69 Å². The SMILES string of the molecule is CCCNC(=O)c1cc(S(=O)(=O)Nc2cccc(Cl)c2C)ccc1C. The number of benzene rings is 2. The molecule has 0 unspecified atom stereocenters. The van der Waals surface area contributed by atoms with E-state index in [2.05, 4.69) is 10.0 Å². The Hall–Kier alpha value is -2.05. The van der Waals surface area contributed by atoms with Crippen molar-refractivity contribution in [2.75, 3.05) is 11.3 Å². The molecule has 0 heterocycles. The molecule has 2 rings (SSSR count). The Balaban J connectivity index is 2.36. The van der Waals surface area contributed by atoms with Crippen LogP contribution in [0.25, 0.3) is 0 Å². The minimum atomic E-state index is -3.83. The molecule has 0 saturated heterocycles. The third kappa shape index (κ3) is 4.52. The standard InChI is InChI=1S/C18H21ClN2O3S/c1-4-10-20-18(22)15-11-14(9-8-12(15)2)25(23,24)21-17-7-5-6-16(19)13(17)3/h5-9,11,21H,4,10H2,1-3H3,(H,20,22). The average molecular weight is 381 g/mol. The zero-order valence-corrected chi connectivity index (χ0v) is 16.0. The maximum atomic E-state index is 12.7. The van der Waals surface area contributed by atoms with Crippen LogP contribution in [0.15, 0.2) is 41.3 Å². The molecule has 5 nitrogen and oxygen atoms in total. The first-order valence-corrected chi connectivity index (χ1v) is 9.79. The highest BCUT2D eigenvalue weighted by Crippen LogP contribution is 2.26. The topological polar surface area (TPSA) is 75.3 Å². The number of anilines is 1. The molecule has 0 atom stereocenters. The summed E-state index contributed by atoms with van der Waals surface area (Å²) in [4.78, 5) is 12.2. The van der Waals surface area contributed by atoms with Crippen molar-refractivity contribution >= 4 is 33.2 Å². The highest BCUT2D eigenvalue weighted by atomic mass is 35.5. The molecule has 0 radical (unpaired) electrons. The summed E-state index contributed by atoms with van der Waals surface area (Å²) in [6.45, 7) is 5.99. The summed E-state index contributed by atoms with van der Waals surface area (Å²) in [5.74, 6) is -0.282. The minimum absolute atomic E-state index is 0.0270. The number of aryl methyl sites for hydroxylation is 1. The molecule has 25 heavy (non-hydrogen) atoms. The molecule has 0 spiro atoms. The zero-order valence-electron chi connectivity index (χ0n) is 14.4. The fourth-order valence-electron chi connectivity index (χ4n) is 2.27. The Morgan fingerprint density at radius 1 is 1.16 bits per heavy atom. The van der Waals surface area contributed by atoms with Crippen LogP contribution in [-0.2, 0) is 10.0 Å². The van der Waals surface area contributed by atoms with E-state index in [1.807, 2.05) is 6.92 Å². The summed E-state index contributed by atoms with van der Waals surface area (Å²) < 4.78 is 27.9. The second-order valence-electron chi connectivity index (χ2n) is 5.75. The monoisotopic (exact) mass is 380 g/mol. The van der Waals surface area contributed by atoms with E-state index in [1.54, 1.807) is 38.1 Å². The van der Waals surface area contributed by atoms with E-state index in [0.717, 1.165) is 6.42 Å². The Labute approximate surface area is 153 Å². The first-order chi connectivity index (χ1) is 11.8. The molecule has 2 aromatic carbocycles. The predicted octanol–water partition coefficient (Wildman–Crippen LogP) is 3.90. The zero-order chi connectivity index (χ0) is 18.6. The highest BCUT2D eigenvalue weighted by molar-refractivity contribution is 7.92. The van der Waals surface area contributed by atoms with Crippen LogP contribution in [0.2, 0.25) is 5.02 Å². The number of sulfonamides is 1. The summed E-state index contributed by atoms with van der Waals surface area (Å²) >= 11 is 6.04. The van der Waals surface area contributed by atoms with Gasteiger partial charge in [-0.25, -0.2) is 8.42 Å². The van der Waals surface area contributed by atoms with Crippen LogP contribution in [0.3, 0.4) is 0 Å². The van der Waals surface area contributed by atoms with Gasteiger partial charge in [-0.05, 0) is 55.7 Å². The van der Waals surface area contributed by atoms with E-state index in [4.69, 9.17) is 11.6 Å². The highest BCUT2D eigenvalue weighted by Gasteiger charge is 2.19. The third-order valence-electron chi connectivity index (χ3n) is 3.81. The van der Waals surface area contributed by atoms with Gasteiger partial charge in [0.25, 0.3) is 15.9 Å². The van der Waals surface area contributed by atoms with Crippen molar-refractivity contribution in [1.29, 1.82) is 0 Å². The number of halogens is 1. The first-order valence-electron chi connectivity index (χ1n) is 7.93. The lowest BCUT2D eigenvalue weighted by atomic mass is 10.1. The molecule has 1 amide bonds. The van der Waals surface area contributed by atoms with Crippen molar-refractivity contribution in [2.45, 2.75) is 32.1 Å². The van der Waals surface area contributed by atoms with Crippen molar-refractivity contribution in [3.05, 3.63) is 58.1 Å². The lowest BCUT2D eigenvalue weighted by Gasteiger charge is -2.13. The van der Waals surface area contributed by atoms with Crippen molar-refractivity contribution in [1.82, 2.24) is 5.32 Å². The maximum Gasteiger partial charge on any atom is 0.261 e. The Bertz CT molecular complexity index is 895. The van der Waals surface area contributed by atoms with Gasteiger partial charge in [0.2, 0.25) is 0 Å². The van der Waals surface area contributed by atoms with Gasteiger partial charge in [-0.1, -0.05) is 30.7 Å². The lowest BCUT2D eigenvalue weighted by Crippen LogP contribution is -2.25. The second kappa shape index (κ2) is 7.89. The van der Waals surface area contributed by atoms with Crippen molar-refractivity contribution < 1.29 is 13.2 Å². The molecule has 0 bridgehead atoms. The van der Waals surface area contributed by atoms with Gasteiger partial charge in [0.05, 0.1) is 10.6 Å². The summed E-state index contributed by atoms with van der Waals surface area (Å²) in [6, 6.07) is 9.50. The van der Waals surface area contributed by atoms with E-state index < -0.39 is 10.0 Å². The minimum Gasteiger partial charge on any atom is -0.352 e. The van der Waals surface area contributed by atoms with Gasteiger partial charge in [0, 0.05) is 17.1 Å². The predicted molar refractivity (Wildman–Crippen MR) is 101 cm³/mol. The van der Waals surface area contributed by atoms with Gasteiger partial charge >= 0.3 is 0 Å². The number of hydrogen-bond acceptors (Lipinski definition) is 3. The molecule has 0 aliphatic rings. The van der Waals surface area contributed by atoms with E-state index in [0.29, 0.717) is 33.9 Å².